The van der Waals surface area contributed by atoms with E-state index in [0.29, 0.717) is 13.1 Å². The number of fused-ring (bicyclic) bond motifs is 1. The van der Waals surface area contributed by atoms with E-state index >= 15 is 0 Å². The first-order chi connectivity index (χ1) is 7.77. The molecule has 1 aromatic carbocycles. The van der Waals surface area contributed by atoms with Crippen LogP contribution in [0.3, 0.4) is 0 Å². The number of benzene rings is 1. The van der Waals surface area contributed by atoms with E-state index < -0.39 is 11.6 Å². The van der Waals surface area contributed by atoms with Gasteiger partial charge in [0.15, 0.2) is 5.76 Å². The van der Waals surface area contributed by atoms with Gasteiger partial charge >= 0.3 is 0 Å². The third kappa shape index (κ3) is 1.25. The molecule has 2 aromatic rings. The number of nitrogens with one attached hydrogen (secondary N) is 1. The molecule has 0 spiro atoms. The molecule has 16 heavy (non-hydrogen) atoms. The Morgan fingerprint density at radius 3 is 2.69 bits per heavy atom. The van der Waals surface area contributed by atoms with Crippen molar-refractivity contribution in [1.82, 2.24) is 10.5 Å². The summed E-state index contributed by atoms with van der Waals surface area (Å²) in [5, 5.41) is 6.83. The Balaban J connectivity index is 2.22. The van der Waals surface area contributed by atoms with Crippen LogP contribution in [0.5, 0.6) is 0 Å². The van der Waals surface area contributed by atoms with Crippen molar-refractivity contribution in [2.45, 2.75) is 13.1 Å². The number of hydrogen-bond donors (Lipinski definition) is 1. The first-order valence-electron chi connectivity index (χ1n) is 4.90. The monoisotopic (exact) mass is 222 g/mol. The number of nitrogens with zero attached hydrogens (tertiary/aromatic N) is 1. The second kappa shape index (κ2) is 3.38. The minimum atomic E-state index is -0.633. The molecule has 0 unspecified atom stereocenters. The van der Waals surface area contributed by atoms with Gasteiger partial charge in [-0.3, -0.25) is 0 Å². The summed E-state index contributed by atoms with van der Waals surface area (Å²) in [6.07, 6.45) is 0. The van der Waals surface area contributed by atoms with Gasteiger partial charge in [0.25, 0.3) is 0 Å². The fourth-order valence-electron chi connectivity index (χ4n) is 1.88. The molecule has 0 bridgehead atoms. The zero-order valence-corrected chi connectivity index (χ0v) is 8.26. The van der Waals surface area contributed by atoms with E-state index in [1.54, 1.807) is 0 Å². The molecule has 1 aliphatic rings. The molecule has 0 atom stereocenters. The molecule has 3 rings (SSSR count). The average Bonchev–Trinajstić information content (AvgIpc) is 2.81. The first kappa shape index (κ1) is 9.47. The fraction of sp³-hybridized carbons (Fsp3) is 0.182. The van der Waals surface area contributed by atoms with E-state index in [9.17, 15) is 8.78 Å². The minimum Gasteiger partial charge on any atom is -0.355 e. The predicted octanol–water partition coefficient (Wildman–Crippen LogP) is 2.22. The van der Waals surface area contributed by atoms with Gasteiger partial charge in [-0.2, -0.15) is 0 Å². The van der Waals surface area contributed by atoms with E-state index in [1.165, 1.54) is 18.2 Å². The average molecular weight is 222 g/mol. The summed E-state index contributed by atoms with van der Waals surface area (Å²) in [6.45, 7) is 1.11. The van der Waals surface area contributed by atoms with Gasteiger partial charge in [-0.05, 0) is 12.1 Å². The molecule has 0 radical (unpaired) electrons. The summed E-state index contributed by atoms with van der Waals surface area (Å²) >= 11 is 0. The fourth-order valence-corrected chi connectivity index (χ4v) is 1.88. The lowest BCUT2D eigenvalue weighted by Crippen LogP contribution is -2.02. The topological polar surface area (TPSA) is 38.1 Å². The number of rotatable bonds is 1. The molecule has 0 amide bonds. The highest BCUT2D eigenvalue weighted by molar-refractivity contribution is 5.64. The molecule has 0 aliphatic carbocycles. The van der Waals surface area contributed by atoms with Gasteiger partial charge in [0.2, 0.25) is 0 Å². The first-order valence-corrected chi connectivity index (χ1v) is 4.90. The van der Waals surface area contributed by atoms with Crippen LogP contribution in [0.15, 0.2) is 22.7 Å². The Bertz CT molecular complexity index is 531. The van der Waals surface area contributed by atoms with Crippen LogP contribution < -0.4 is 5.32 Å². The Labute approximate surface area is 90.1 Å². The van der Waals surface area contributed by atoms with Crippen LogP contribution >= 0.6 is 0 Å². The lowest BCUT2D eigenvalue weighted by Gasteiger charge is -2.01. The summed E-state index contributed by atoms with van der Waals surface area (Å²) in [6, 6.07) is 3.73. The van der Waals surface area contributed by atoms with Crippen LogP contribution in [0.1, 0.15) is 11.3 Å². The van der Waals surface area contributed by atoms with Gasteiger partial charge < -0.3 is 9.84 Å². The molecule has 82 valence electrons. The number of halogens is 2. The smallest absolute Gasteiger partial charge is 0.177 e. The van der Waals surface area contributed by atoms with E-state index in [2.05, 4.69) is 10.5 Å². The second-order valence-corrected chi connectivity index (χ2v) is 3.64. The molecular weight excluding hydrogens is 214 g/mol. The van der Waals surface area contributed by atoms with E-state index in [1.807, 2.05) is 0 Å². The van der Waals surface area contributed by atoms with Crippen LogP contribution in [-0.2, 0) is 13.1 Å². The Morgan fingerprint density at radius 2 is 1.94 bits per heavy atom. The number of aromatic nitrogens is 1. The Hall–Kier alpha value is -1.75. The lowest BCUT2D eigenvalue weighted by molar-refractivity contribution is 0.412. The molecule has 1 aromatic heterocycles. The van der Waals surface area contributed by atoms with Gasteiger partial charge in [0, 0.05) is 18.7 Å². The maximum Gasteiger partial charge on any atom is 0.177 e. The SMILES string of the molecule is Fc1cccc(F)c1-c1onc2c1CNC2. The summed E-state index contributed by atoms with van der Waals surface area (Å²) in [5.41, 5.74) is 1.32. The molecule has 3 nitrogen and oxygen atoms in total. The third-order valence-electron chi connectivity index (χ3n) is 2.65. The van der Waals surface area contributed by atoms with Gasteiger partial charge in [-0.25, -0.2) is 8.78 Å². The van der Waals surface area contributed by atoms with E-state index in [-0.39, 0.29) is 11.3 Å². The molecule has 0 saturated carbocycles. The summed E-state index contributed by atoms with van der Waals surface area (Å²) in [5.74, 6) is -1.08. The summed E-state index contributed by atoms with van der Waals surface area (Å²) in [7, 11) is 0. The highest BCUT2D eigenvalue weighted by Gasteiger charge is 2.25. The van der Waals surface area contributed by atoms with Crippen molar-refractivity contribution in [3.63, 3.8) is 0 Å². The molecule has 1 aliphatic heterocycles. The summed E-state index contributed by atoms with van der Waals surface area (Å²) < 4.78 is 32.1. The van der Waals surface area contributed by atoms with Crippen molar-refractivity contribution in [1.29, 1.82) is 0 Å². The maximum absolute atomic E-state index is 13.5. The van der Waals surface area contributed by atoms with Gasteiger partial charge in [0.1, 0.15) is 17.3 Å². The molecule has 0 fully saturated rings. The maximum atomic E-state index is 13.5. The predicted molar refractivity (Wildman–Crippen MR) is 52.4 cm³/mol. The highest BCUT2D eigenvalue weighted by Crippen LogP contribution is 2.32. The van der Waals surface area contributed by atoms with Crippen molar-refractivity contribution in [3.05, 3.63) is 41.1 Å². The molecule has 1 N–H and O–H groups in total. The van der Waals surface area contributed by atoms with Gasteiger partial charge in [-0.15, -0.1) is 0 Å². The summed E-state index contributed by atoms with van der Waals surface area (Å²) in [4.78, 5) is 0. The molecule has 5 heteroatoms. The van der Waals surface area contributed by atoms with Crippen molar-refractivity contribution in [2.75, 3.05) is 0 Å². The molecule has 0 saturated heterocycles. The Morgan fingerprint density at radius 1 is 1.19 bits per heavy atom. The van der Waals surface area contributed by atoms with Crippen LogP contribution in [-0.4, -0.2) is 5.16 Å². The lowest BCUT2D eigenvalue weighted by atomic mass is 10.1. The highest BCUT2D eigenvalue weighted by atomic mass is 19.1. The third-order valence-corrected chi connectivity index (χ3v) is 2.65. The van der Waals surface area contributed by atoms with Gasteiger partial charge in [-0.1, -0.05) is 11.2 Å². The largest absolute Gasteiger partial charge is 0.355 e. The second-order valence-electron chi connectivity index (χ2n) is 3.64. The van der Waals surface area contributed by atoms with Crippen LogP contribution in [0.4, 0.5) is 8.78 Å². The van der Waals surface area contributed by atoms with Crippen molar-refractivity contribution >= 4 is 0 Å². The zero-order chi connectivity index (χ0) is 11.1. The van der Waals surface area contributed by atoms with Crippen LogP contribution in [0.25, 0.3) is 11.3 Å². The zero-order valence-electron chi connectivity index (χ0n) is 8.26. The van der Waals surface area contributed by atoms with Crippen LogP contribution in [0.2, 0.25) is 0 Å². The van der Waals surface area contributed by atoms with Crippen molar-refractivity contribution in [3.8, 4) is 11.3 Å². The molecular formula is C11H8F2N2O. The van der Waals surface area contributed by atoms with Crippen LogP contribution in [0, 0.1) is 11.6 Å². The van der Waals surface area contributed by atoms with Gasteiger partial charge in [0.05, 0.1) is 5.56 Å². The quantitative estimate of drug-likeness (QED) is 0.804. The Kier molecular flexibility index (Phi) is 2.00. The standard InChI is InChI=1S/C11H8F2N2O/c12-7-2-1-3-8(13)10(7)11-6-4-14-5-9(6)15-16-11/h1-3,14H,4-5H2. The van der Waals surface area contributed by atoms with Crippen molar-refractivity contribution < 1.29 is 13.3 Å². The minimum absolute atomic E-state index is 0.139. The number of hydrogen-bond acceptors (Lipinski definition) is 3. The van der Waals surface area contributed by atoms with Crippen molar-refractivity contribution in [2.24, 2.45) is 0 Å². The van der Waals surface area contributed by atoms with E-state index in [4.69, 9.17) is 4.52 Å². The van der Waals surface area contributed by atoms with E-state index in [0.717, 1.165) is 11.3 Å². The normalized spacial score (nSPS) is 14.1. The molecule has 2 heterocycles.